The molecule has 0 aliphatic heterocycles. The molecule has 4 aromatic rings. The third kappa shape index (κ3) is 3.77. The summed E-state index contributed by atoms with van der Waals surface area (Å²) in [6.45, 7) is 12.2. The van der Waals surface area contributed by atoms with Gasteiger partial charge in [-0.1, -0.05) is 37.5 Å². The number of nitrogens with one attached hydrogen (secondary N) is 3. The molecule has 4 rings (SSSR count). The highest BCUT2D eigenvalue weighted by Crippen LogP contribution is 2.31. The lowest BCUT2D eigenvalue weighted by molar-refractivity contribution is 1.06. The average Bonchev–Trinajstić information content (AvgIpc) is 3.52. The summed E-state index contributed by atoms with van der Waals surface area (Å²) >= 11 is 1.71. The molecule has 5 nitrogen and oxygen atoms in total. The molecule has 0 saturated carbocycles. The predicted octanol–water partition coefficient (Wildman–Crippen LogP) is 4.41. The lowest BCUT2D eigenvalue weighted by atomic mass is 10.0. The number of H-pyrrole nitrogens is 3. The van der Waals surface area contributed by atoms with Gasteiger partial charge in [0.2, 0.25) is 0 Å². The van der Waals surface area contributed by atoms with Crippen LogP contribution < -0.4 is 10.6 Å². The average molecular weight is 414 g/mol. The minimum absolute atomic E-state index is 0.814. The summed E-state index contributed by atoms with van der Waals surface area (Å²) in [6, 6.07) is 6.31. The fourth-order valence-electron chi connectivity index (χ4n) is 3.33. The van der Waals surface area contributed by atoms with Crippen LogP contribution in [0.25, 0.3) is 35.2 Å². The van der Waals surface area contributed by atoms with Crippen LogP contribution in [0.4, 0.5) is 0 Å². The summed E-state index contributed by atoms with van der Waals surface area (Å²) in [7, 11) is 0. The molecular weight excluding hydrogens is 390 g/mol. The van der Waals surface area contributed by atoms with E-state index >= 15 is 0 Å². The van der Waals surface area contributed by atoms with Crippen molar-refractivity contribution < 1.29 is 0 Å². The van der Waals surface area contributed by atoms with Gasteiger partial charge in [0.15, 0.2) is 0 Å². The number of aromatic amines is 3. The van der Waals surface area contributed by atoms with Gasteiger partial charge in [-0.2, -0.15) is 10.2 Å². The normalized spacial score (nSPS) is 13.2. The molecule has 0 unspecified atom stereocenters. The molecule has 0 radical (unpaired) electrons. The fraction of sp³-hybridized carbons (Fsp3) is 0.0833. The topological polar surface area (TPSA) is 73.2 Å². The van der Waals surface area contributed by atoms with Gasteiger partial charge in [-0.25, -0.2) is 0 Å². The standard InChI is InChI=1S/C24H23N5S/c1-5-7-19(23-8-6-11-30-23)20-12-22(27-17(20)4)24-16(3)21(28-29-24)10-9-15(2)18-13-25-26-14-18/h5-14,27-28H,1,3H2,2,4H3,(H,25,26)/b15-9+,19-7+,21-10+. The van der Waals surface area contributed by atoms with Gasteiger partial charge in [0.1, 0.15) is 5.69 Å². The highest BCUT2D eigenvalue weighted by molar-refractivity contribution is 7.11. The van der Waals surface area contributed by atoms with Crippen molar-refractivity contribution in [2.24, 2.45) is 0 Å². The molecule has 0 spiro atoms. The smallest absolute Gasteiger partial charge is 0.116 e. The number of rotatable bonds is 6. The van der Waals surface area contributed by atoms with Crippen LogP contribution in [0.3, 0.4) is 0 Å². The number of thiophene rings is 1. The maximum atomic E-state index is 4.51. The number of hydrogen-bond donors (Lipinski definition) is 3. The minimum atomic E-state index is 0.814. The van der Waals surface area contributed by atoms with Crippen molar-refractivity contribution in [3.05, 3.63) is 93.0 Å². The molecule has 0 atom stereocenters. The van der Waals surface area contributed by atoms with Crippen LogP contribution >= 0.6 is 11.3 Å². The van der Waals surface area contributed by atoms with Crippen LogP contribution in [-0.2, 0) is 0 Å². The molecule has 0 aliphatic rings. The number of aromatic nitrogens is 5. The summed E-state index contributed by atoms with van der Waals surface area (Å²) in [4.78, 5) is 4.67. The molecule has 0 saturated heterocycles. The fourth-order valence-corrected chi connectivity index (χ4v) is 4.10. The van der Waals surface area contributed by atoms with E-state index in [4.69, 9.17) is 0 Å². The first-order chi connectivity index (χ1) is 14.6. The Bertz CT molecular complexity index is 1330. The molecule has 150 valence electrons. The van der Waals surface area contributed by atoms with E-state index in [-0.39, 0.29) is 0 Å². The van der Waals surface area contributed by atoms with Crippen molar-refractivity contribution >= 4 is 35.1 Å². The van der Waals surface area contributed by atoms with Crippen molar-refractivity contribution in [1.29, 1.82) is 0 Å². The third-order valence-electron chi connectivity index (χ3n) is 4.98. The highest BCUT2D eigenvalue weighted by Gasteiger charge is 2.14. The monoisotopic (exact) mass is 413 g/mol. The number of hydrogen-bond acceptors (Lipinski definition) is 3. The Balaban J connectivity index is 1.72. The van der Waals surface area contributed by atoms with Crippen molar-refractivity contribution in [2.45, 2.75) is 13.8 Å². The first-order valence-electron chi connectivity index (χ1n) is 9.56. The molecule has 0 bridgehead atoms. The zero-order valence-electron chi connectivity index (χ0n) is 17.0. The molecule has 0 fully saturated rings. The van der Waals surface area contributed by atoms with E-state index in [1.54, 1.807) is 17.5 Å². The highest BCUT2D eigenvalue weighted by atomic mass is 32.1. The Hall–Kier alpha value is -3.64. The van der Waals surface area contributed by atoms with E-state index in [2.05, 4.69) is 69.0 Å². The zero-order valence-corrected chi connectivity index (χ0v) is 17.8. The Morgan fingerprint density at radius 3 is 2.83 bits per heavy atom. The van der Waals surface area contributed by atoms with Crippen LogP contribution in [0.2, 0.25) is 0 Å². The minimum Gasteiger partial charge on any atom is -0.357 e. The Labute approximate surface area is 178 Å². The lowest BCUT2D eigenvalue weighted by Crippen LogP contribution is -2.21. The Morgan fingerprint density at radius 2 is 2.13 bits per heavy atom. The summed E-state index contributed by atoms with van der Waals surface area (Å²) in [5.74, 6) is 0. The summed E-state index contributed by atoms with van der Waals surface area (Å²) in [5.41, 5.74) is 7.26. The molecule has 0 aromatic carbocycles. The molecule has 6 heteroatoms. The summed E-state index contributed by atoms with van der Waals surface area (Å²) < 4.78 is 0. The van der Waals surface area contributed by atoms with Gasteiger partial charge in [0, 0.05) is 38.7 Å². The first kappa shape index (κ1) is 19.7. The molecule has 4 heterocycles. The van der Waals surface area contributed by atoms with Crippen molar-refractivity contribution in [3.8, 4) is 11.4 Å². The SMILES string of the molecule is C=C/C=C(/c1cccs1)c1cc(-c2n[nH]/c(=C/C=C(\C)c3cn[nH]c3)c2=C)[nH]c1C. The van der Waals surface area contributed by atoms with Crippen molar-refractivity contribution in [2.75, 3.05) is 0 Å². The molecule has 0 amide bonds. The van der Waals surface area contributed by atoms with E-state index in [1.165, 1.54) is 4.88 Å². The van der Waals surface area contributed by atoms with Crippen LogP contribution in [-0.4, -0.2) is 25.4 Å². The van der Waals surface area contributed by atoms with E-state index in [9.17, 15) is 0 Å². The molecule has 3 N–H and O–H groups in total. The maximum absolute atomic E-state index is 4.51. The van der Waals surface area contributed by atoms with Crippen LogP contribution in [0, 0.1) is 6.92 Å². The van der Waals surface area contributed by atoms with Crippen molar-refractivity contribution in [3.63, 3.8) is 0 Å². The number of allylic oxidation sites excluding steroid dienone is 4. The lowest BCUT2D eigenvalue weighted by Gasteiger charge is -2.03. The quantitative estimate of drug-likeness (QED) is 0.410. The largest absolute Gasteiger partial charge is 0.357 e. The third-order valence-corrected chi connectivity index (χ3v) is 5.89. The van der Waals surface area contributed by atoms with Crippen LogP contribution in [0.5, 0.6) is 0 Å². The number of nitrogens with zero attached hydrogens (tertiary/aromatic N) is 2. The second-order valence-corrected chi connectivity index (χ2v) is 7.93. The van der Waals surface area contributed by atoms with Gasteiger partial charge in [-0.05, 0) is 43.0 Å². The van der Waals surface area contributed by atoms with E-state index in [0.717, 1.165) is 49.9 Å². The number of aryl methyl sites for hydroxylation is 1. The van der Waals surface area contributed by atoms with Gasteiger partial charge in [0.25, 0.3) is 0 Å². The molecule has 4 aromatic heterocycles. The van der Waals surface area contributed by atoms with Gasteiger partial charge >= 0.3 is 0 Å². The predicted molar refractivity (Wildman–Crippen MR) is 126 cm³/mol. The summed E-state index contributed by atoms with van der Waals surface area (Å²) in [6.07, 6.45) is 11.6. The van der Waals surface area contributed by atoms with Gasteiger partial charge in [0.05, 0.1) is 17.2 Å². The first-order valence-corrected chi connectivity index (χ1v) is 10.4. The van der Waals surface area contributed by atoms with Gasteiger partial charge in [-0.15, -0.1) is 11.3 Å². The van der Waals surface area contributed by atoms with Crippen molar-refractivity contribution in [1.82, 2.24) is 25.4 Å². The van der Waals surface area contributed by atoms with Crippen LogP contribution in [0.15, 0.2) is 60.8 Å². The Morgan fingerprint density at radius 1 is 1.27 bits per heavy atom. The maximum Gasteiger partial charge on any atom is 0.116 e. The Kier molecular flexibility index (Phi) is 5.50. The van der Waals surface area contributed by atoms with E-state index < -0.39 is 0 Å². The molecular formula is C24H23N5S. The zero-order chi connectivity index (χ0) is 21.1. The van der Waals surface area contributed by atoms with Gasteiger partial charge < -0.3 is 4.98 Å². The molecule has 30 heavy (non-hydrogen) atoms. The second kappa shape index (κ2) is 8.39. The molecule has 0 aliphatic carbocycles. The van der Waals surface area contributed by atoms with Gasteiger partial charge in [-0.3, -0.25) is 10.2 Å². The second-order valence-electron chi connectivity index (χ2n) is 6.98. The van der Waals surface area contributed by atoms with Crippen LogP contribution in [0.1, 0.15) is 28.6 Å². The summed E-state index contributed by atoms with van der Waals surface area (Å²) in [5, 5.41) is 18.2. The van der Waals surface area contributed by atoms with E-state index in [0.29, 0.717) is 0 Å². The van der Waals surface area contributed by atoms with E-state index in [1.807, 2.05) is 37.4 Å².